The van der Waals surface area contributed by atoms with Gasteiger partial charge in [0.2, 0.25) is 5.91 Å². The molecule has 4 heteroatoms. The van der Waals surface area contributed by atoms with Crippen LogP contribution in [0.25, 0.3) is 0 Å². The van der Waals surface area contributed by atoms with Gasteiger partial charge in [-0.05, 0) is 56.5 Å². The van der Waals surface area contributed by atoms with E-state index in [9.17, 15) is 4.79 Å². The summed E-state index contributed by atoms with van der Waals surface area (Å²) >= 11 is 5.92. The minimum Gasteiger partial charge on any atom is -0.349 e. The molecule has 2 aliphatic rings. The Morgan fingerprint density at radius 3 is 2.41 bits per heavy atom. The Morgan fingerprint density at radius 1 is 1.27 bits per heavy atom. The second-order valence-corrected chi connectivity index (χ2v) is 7.99. The number of benzene rings is 1. The third-order valence-electron chi connectivity index (χ3n) is 4.88. The van der Waals surface area contributed by atoms with Gasteiger partial charge in [-0.1, -0.05) is 37.6 Å². The van der Waals surface area contributed by atoms with Gasteiger partial charge < -0.3 is 10.2 Å². The van der Waals surface area contributed by atoms with Gasteiger partial charge in [-0.15, -0.1) is 0 Å². The van der Waals surface area contributed by atoms with Crippen molar-refractivity contribution in [1.82, 2.24) is 10.2 Å². The fraction of sp³-hybridized carbons (Fsp3) is 0.611. The molecule has 1 aliphatic carbocycles. The maximum Gasteiger partial charge on any atom is 0.226 e. The first-order valence-corrected chi connectivity index (χ1v) is 8.56. The van der Waals surface area contributed by atoms with Crippen LogP contribution < -0.4 is 5.32 Å². The van der Waals surface area contributed by atoms with Crippen LogP contribution in [0.1, 0.15) is 38.7 Å². The highest BCUT2D eigenvalue weighted by molar-refractivity contribution is 6.30. The van der Waals surface area contributed by atoms with E-state index in [4.69, 9.17) is 11.6 Å². The van der Waals surface area contributed by atoms with Crippen LogP contribution >= 0.6 is 11.6 Å². The summed E-state index contributed by atoms with van der Waals surface area (Å²) in [6, 6.07) is 7.78. The number of nitrogens with one attached hydrogen (secondary N) is 1. The molecule has 1 N–H and O–H groups in total. The molecule has 3 nitrogen and oxygen atoms in total. The summed E-state index contributed by atoms with van der Waals surface area (Å²) in [5.74, 6) is 0.167. The first-order chi connectivity index (χ1) is 10.4. The average molecular weight is 321 g/mol. The topological polar surface area (TPSA) is 32.3 Å². The zero-order valence-corrected chi connectivity index (χ0v) is 14.2. The molecule has 3 rings (SSSR count). The maximum atomic E-state index is 12.7. The molecule has 0 radical (unpaired) electrons. The summed E-state index contributed by atoms with van der Waals surface area (Å²) in [4.78, 5) is 15.2. The summed E-state index contributed by atoms with van der Waals surface area (Å²) in [5.41, 5.74) is 0.796. The number of halogens is 1. The lowest BCUT2D eigenvalue weighted by Gasteiger charge is -2.36. The van der Waals surface area contributed by atoms with Crippen molar-refractivity contribution in [1.29, 1.82) is 0 Å². The smallest absolute Gasteiger partial charge is 0.226 e. The SMILES string of the molecule is CC(C)(Cc1ccc(Cl)cc1)C(=O)NC1(CN2CCC2)CC1. The van der Waals surface area contributed by atoms with Crippen LogP contribution in [0.5, 0.6) is 0 Å². The van der Waals surface area contributed by atoms with Gasteiger partial charge in [0, 0.05) is 17.0 Å². The number of hydrogen-bond acceptors (Lipinski definition) is 2. The third-order valence-corrected chi connectivity index (χ3v) is 5.13. The molecule has 1 saturated heterocycles. The normalized spacial score (nSPS) is 20.3. The van der Waals surface area contributed by atoms with Crippen molar-refractivity contribution >= 4 is 17.5 Å². The minimum absolute atomic E-state index is 0.0504. The first-order valence-electron chi connectivity index (χ1n) is 8.18. The van der Waals surface area contributed by atoms with Crippen molar-refractivity contribution in [3.05, 3.63) is 34.9 Å². The van der Waals surface area contributed by atoms with Crippen LogP contribution in [-0.4, -0.2) is 36.0 Å². The highest BCUT2D eigenvalue weighted by Crippen LogP contribution is 2.38. The summed E-state index contributed by atoms with van der Waals surface area (Å²) in [6.07, 6.45) is 4.26. The van der Waals surface area contributed by atoms with Crippen LogP contribution in [0, 0.1) is 5.41 Å². The van der Waals surface area contributed by atoms with Gasteiger partial charge in [0.1, 0.15) is 0 Å². The molecule has 0 spiro atoms. The van der Waals surface area contributed by atoms with Crippen molar-refractivity contribution in [2.24, 2.45) is 5.41 Å². The lowest BCUT2D eigenvalue weighted by molar-refractivity contribution is -0.130. The van der Waals surface area contributed by atoms with Gasteiger partial charge in [-0.3, -0.25) is 4.79 Å². The van der Waals surface area contributed by atoms with E-state index in [1.54, 1.807) is 0 Å². The Hall–Kier alpha value is -1.06. The lowest BCUT2D eigenvalue weighted by atomic mass is 9.84. The Labute approximate surface area is 138 Å². The quantitative estimate of drug-likeness (QED) is 0.872. The number of carbonyl (C=O) groups is 1. The molecule has 1 saturated carbocycles. The number of rotatable bonds is 6. The highest BCUT2D eigenvalue weighted by Gasteiger charge is 2.47. The maximum absolute atomic E-state index is 12.7. The fourth-order valence-electron chi connectivity index (χ4n) is 3.04. The van der Waals surface area contributed by atoms with Crippen molar-refractivity contribution in [3.63, 3.8) is 0 Å². The minimum atomic E-state index is -0.404. The molecule has 1 aromatic carbocycles. The lowest BCUT2D eigenvalue weighted by Crippen LogP contribution is -2.53. The average Bonchev–Trinajstić information content (AvgIpc) is 3.17. The predicted molar refractivity (Wildman–Crippen MR) is 90.1 cm³/mol. The van der Waals surface area contributed by atoms with E-state index in [0.717, 1.165) is 36.4 Å². The van der Waals surface area contributed by atoms with E-state index in [2.05, 4.69) is 10.2 Å². The zero-order valence-electron chi connectivity index (χ0n) is 13.5. The van der Waals surface area contributed by atoms with E-state index in [-0.39, 0.29) is 11.4 Å². The number of amides is 1. The number of likely N-dealkylation sites (tertiary alicyclic amines) is 1. The van der Waals surface area contributed by atoms with E-state index in [1.165, 1.54) is 19.5 Å². The molecular formula is C18H25ClN2O. The van der Waals surface area contributed by atoms with Crippen LogP contribution in [0.2, 0.25) is 5.02 Å². The van der Waals surface area contributed by atoms with Crippen molar-refractivity contribution < 1.29 is 4.79 Å². The molecule has 1 aliphatic heterocycles. The van der Waals surface area contributed by atoms with Crippen molar-refractivity contribution in [2.75, 3.05) is 19.6 Å². The molecule has 1 heterocycles. The van der Waals surface area contributed by atoms with Gasteiger partial charge in [0.25, 0.3) is 0 Å². The largest absolute Gasteiger partial charge is 0.349 e. The van der Waals surface area contributed by atoms with Gasteiger partial charge in [-0.25, -0.2) is 0 Å². The summed E-state index contributed by atoms with van der Waals surface area (Å²) in [6.45, 7) is 7.45. The molecule has 0 atom stereocenters. The van der Waals surface area contributed by atoms with Gasteiger partial charge in [0.15, 0.2) is 0 Å². The molecular weight excluding hydrogens is 296 g/mol. The van der Waals surface area contributed by atoms with Gasteiger partial charge in [-0.2, -0.15) is 0 Å². The molecule has 120 valence electrons. The molecule has 0 unspecified atom stereocenters. The standard InChI is InChI=1S/C18H25ClN2O/c1-17(2,12-14-4-6-15(19)7-5-14)16(22)20-18(8-9-18)13-21-10-3-11-21/h4-7H,3,8-13H2,1-2H3,(H,20,22). The first kappa shape index (κ1) is 15.8. The van der Waals surface area contributed by atoms with E-state index in [1.807, 2.05) is 38.1 Å². The fourth-order valence-corrected chi connectivity index (χ4v) is 3.17. The molecule has 22 heavy (non-hydrogen) atoms. The molecule has 0 bridgehead atoms. The number of nitrogens with zero attached hydrogens (tertiary/aromatic N) is 1. The molecule has 2 fully saturated rings. The summed E-state index contributed by atoms with van der Waals surface area (Å²) in [7, 11) is 0. The van der Waals surface area contributed by atoms with Crippen LogP contribution in [-0.2, 0) is 11.2 Å². The predicted octanol–water partition coefficient (Wildman–Crippen LogP) is 3.26. The third kappa shape index (κ3) is 3.64. The second kappa shape index (κ2) is 5.86. The van der Waals surface area contributed by atoms with Crippen LogP contribution in [0.4, 0.5) is 0 Å². The van der Waals surface area contributed by atoms with Gasteiger partial charge in [0.05, 0.1) is 5.54 Å². The number of carbonyl (C=O) groups excluding carboxylic acids is 1. The monoisotopic (exact) mass is 320 g/mol. The molecule has 0 aromatic heterocycles. The highest BCUT2D eigenvalue weighted by atomic mass is 35.5. The summed E-state index contributed by atoms with van der Waals surface area (Å²) in [5, 5.41) is 4.07. The Morgan fingerprint density at radius 2 is 1.91 bits per heavy atom. The number of hydrogen-bond donors (Lipinski definition) is 1. The second-order valence-electron chi connectivity index (χ2n) is 7.55. The Kier molecular flexibility index (Phi) is 4.21. The van der Waals surface area contributed by atoms with Crippen LogP contribution in [0.15, 0.2) is 24.3 Å². The zero-order chi connectivity index (χ0) is 15.8. The van der Waals surface area contributed by atoms with E-state index >= 15 is 0 Å². The summed E-state index contributed by atoms with van der Waals surface area (Å²) < 4.78 is 0. The van der Waals surface area contributed by atoms with E-state index in [0.29, 0.717) is 0 Å². The van der Waals surface area contributed by atoms with Crippen LogP contribution in [0.3, 0.4) is 0 Å². The van der Waals surface area contributed by atoms with Crippen molar-refractivity contribution in [3.8, 4) is 0 Å². The Bertz CT molecular complexity index is 545. The molecule has 1 aromatic rings. The van der Waals surface area contributed by atoms with Crippen molar-refractivity contribution in [2.45, 2.75) is 45.1 Å². The Balaban J connectivity index is 1.59. The molecule has 1 amide bonds. The van der Waals surface area contributed by atoms with E-state index < -0.39 is 5.41 Å². The van der Waals surface area contributed by atoms with Gasteiger partial charge >= 0.3 is 0 Å².